The van der Waals surface area contributed by atoms with Crippen molar-refractivity contribution < 1.29 is 4.79 Å². The van der Waals surface area contributed by atoms with E-state index in [0.29, 0.717) is 10.1 Å². The average molecular weight is 295 g/mol. The number of nitrogens with zero attached hydrogens (tertiary/aromatic N) is 2. The van der Waals surface area contributed by atoms with Gasteiger partial charge in [0.2, 0.25) is 0 Å². The van der Waals surface area contributed by atoms with E-state index in [9.17, 15) is 4.79 Å². The van der Waals surface area contributed by atoms with Gasteiger partial charge in [-0.2, -0.15) is 0 Å². The summed E-state index contributed by atoms with van der Waals surface area (Å²) in [5, 5.41) is 3.35. The van der Waals surface area contributed by atoms with Gasteiger partial charge in [0.15, 0.2) is 5.17 Å². The van der Waals surface area contributed by atoms with Gasteiger partial charge in [-0.3, -0.25) is 9.78 Å². The van der Waals surface area contributed by atoms with Gasteiger partial charge in [-0.1, -0.05) is 23.8 Å². The number of amidine groups is 1. The smallest absolute Gasteiger partial charge is 0.264 e. The Labute approximate surface area is 127 Å². The number of carbonyl (C=O) groups excluding carboxylic acids is 1. The van der Waals surface area contributed by atoms with Crippen LogP contribution in [0, 0.1) is 6.92 Å². The SMILES string of the molecule is Cc1ccc(N=C2NC(=O)/C(=C\c3ccccn3)S2)cc1. The van der Waals surface area contributed by atoms with Crippen molar-refractivity contribution in [2.45, 2.75) is 6.92 Å². The Bertz CT molecular complexity index is 721. The van der Waals surface area contributed by atoms with Crippen LogP contribution in [0.1, 0.15) is 11.3 Å². The summed E-state index contributed by atoms with van der Waals surface area (Å²) in [6.07, 6.45) is 3.46. The van der Waals surface area contributed by atoms with Crippen molar-refractivity contribution in [3.05, 3.63) is 64.8 Å². The standard InChI is InChI=1S/C16H13N3OS/c1-11-5-7-12(8-6-11)18-16-19-15(20)14(21-16)10-13-4-2-3-9-17-13/h2-10H,1H3,(H,18,19,20)/b14-10+. The zero-order valence-electron chi connectivity index (χ0n) is 11.4. The fraction of sp³-hybridized carbons (Fsp3) is 0.0625. The van der Waals surface area contributed by atoms with Crippen LogP contribution in [0.25, 0.3) is 6.08 Å². The molecular formula is C16H13N3OS. The molecule has 1 aliphatic heterocycles. The summed E-state index contributed by atoms with van der Waals surface area (Å²) in [6.45, 7) is 2.02. The summed E-state index contributed by atoms with van der Waals surface area (Å²) in [4.78, 5) is 21.1. The van der Waals surface area contributed by atoms with Crippen LogP contribution < -0.4 is 5.32 Å². The molecule has 0 atom stereocenters. The lowest BCUT2D eigenvalue weighted by molar-refractivity contribution is -0.115. The summed E-state index contributed by atoms with van der Waals surface area (Å²) in [7, 11) is 0. The van der Waals surface area contributed by atoms with Crippen molar-refractivity contribution >= 4 is 34.6 Å². The maximum Gasteiger partial charge on any atom is 0.264 e. The number of amides is 1. The predicted octanol–water partition coefficient (Wildman–Crippen LogP) is 3.28. The Morgan fingerprint density at radius 3 is 2.71 bits per heavy atom. The van der Waals surface area contributed by atoms with Crippen LogP contribution in [0.4, 0.5) is 5.69 Å². The first kappa shape index (κ1) is 13.6. The summed E-state index contributed by atoms with van der Waals surface area (Å²) in [5.41, 5.74) is 2.76. The summed E-state index contributed by atoms with van der Waals surface area (Å²) < 4.78 is 0. The Morgan fingerprint density at radius 2 is 2.00 bits per heavy atom. The molecule has 1 amide bonds. The van der Waals surface area contributed by atoms with Crippen LogP contribution >= 0.6 is 11.8 Å². The molecule has 1 saturated heterocycles. The summed E-state index contributed by atoms with van der Waals surface area (Å²) in [5.74, 6) is -0.142. The maximum atomic E-state index is 11.9. The van der Waals surface area contributed by atoms with Gasteiger partial charge in [-0.15, -0.1) is 0 Å². The van der Waals surface area contributed by atoms with Crippen LogP contribution in [0.5, 0.6) is 0 Å². The molecule has 21 heavy (non-hydrogen) atoms. The molecule has 0 bridgehead atoms. The number of hydrogen-bond acceptors (Lipinski definition) is 4. The molecule has 1 N–H and O–H groups in total. The molecule has 2 aromatic rings. The van der Waals surface area contributed by atoms with Crippen molar-refractivity contribution in [1.29, 1.82) is 0 Å². The van der Waals surface area contributed by atoms with Crippen LogP contribution in [-0.2, 0) is 4.79 Å². The third-order valence-electron chi connectivity index (χ3n) is 2.88. The van der Waals surface area contributed by atoms with Crippen LogP contribution in [0.2, 0.25) is 0 Å². The number of nitrogens with one attached hydrogen (secondary N) is 1. The zero-order chi connectivity index (χ0) is 14.7. The highest BCUT2D eigenvalue weighted by molar-refractivity contribution is 8.18. The lowest BCUT2D eigenvalue weighted by Gasteiger charge is -1.96. The number of aryl methyl sites for hydroxylation is 1. The summed E-state index contributed by atoms with van der Waals surface area (Å²) in [6, 6.07) is 13.4. The van der Waals surface area contributed by atoms with Gasteiger partial charge in [-0.05, 0) is 49.0 Å². The number of thioether (sulfide) groups is 1. The quantitative estimate of drug-likeness (QED) is 0.865. The molecule has 4 nitrogen and oxygen atoms in total. The molecule has 0 unspecified atom stereocenters. The van der Waals surface area contributed by atoms with Gasteiger partial charge in [0.1, 0.15) is 0 Å². The van der Waals surface area contributed by atoms with Crippen molar-refractivity contribution in [3.63, 3.8) is 0 Å². The molecule has 0 saturated carbocycles. The molecule has 1 aromatic heterocycles. The highest BCUT2D eigenvalue weighted by Gasteiger charge is 2.23. The topological polar surface area (TPSA) is 54.4 Å². The first-order valence-corrected chi connectivity index (χ1v) is 7.30. The van der Waals surface area contributed by atoms with E-state index in [2.05, 4.69) is 15.3 Å². The number of aliphatic imine (C=N–C) groups is 1. The van der Waals surface area contributed by atoms with Gasteiger partial charge in [0.25, 0.3) is 5.91 Å². The van der Waals surface area contributed by atoms with Gasteiger partial charge >= 0.3 is 0 Å². The fourth-order valence-electron chi connectivity index (χ4n) is 1.81. The minimum absolute atomic E-state index is 0.142. The van der Waals surface area contributed by atoms with Crippen molar-refractivity contribution in [2.24, 2.45) is 4.99 Å². The van der Waals surface area contributed by atoms with E-state index in [1.165, 1.54) is 17.3 Å². The second-order valence-corrected chi connectivity index (χ2v) is 5.60. The minimum Gasteiger partial charge on any atom is -0.300 e. The second-order valence-electron chi connectivity index (χ2n) is 4.57. The lowest BCUT2D eigenvalue weighted by Crippen LogP contribution is -2.19. The third-order valence-corrected chi connectivity index (χ3v) is 3.79. The van der Waals surface area contributed by atoms with Crippen LogP contribution in [0.3, 0.4) is 0 Å². The lowest BCUT2D eigenvalue weighted by atomic mass is 10.2. The molecule has 0 spiro atoms. The maximum absolute atomic E-state index is 11.9. The molecule has 1 aliphatic rings. The number of aromatic nitrogens is 1. The van der Waals surface area contributed by atoms with Gasteiger partial charge in [0, 0.05) is 6.20 Å². The van der Waals surface area contributed by atoms with E-state index in [1.54, 1.807) is 12.3 Å². The fourth-order valence-corrected chi connectivity index (χ4v) is 2.64. The summed E-state index contributed by atoms with van der Waals surface area (Å²) >= 11 is 1.32. The largest absolute Gasteiger partial charge is 0.300 e. The molecule has 0 aliphatic carbocycles. The van der Waals surface area contributed by atoms with E-state index in [4.69, 9.17) is 0 Å². The van der Waals surface area contributed by atoms with E-state index >= 15 is 0 Å². The van der Waals surface area contributed by atoms with Gasteiger partial charge in [0.05, 0.1) is 16.3 Å². The van der Waals surface area contributed by atoms with E-state index in [1.807, 2.05) is 49.4 Å². The van der Waals surface area contributed by atoms with Gasteiger partial charge < -0.3 is 5.32 Å². The first-order valence-electron chi connectivity index (χ1n) is 6.48. The Balaban J connectivity index is 1.81. The zero-order valence-corrected chi connectivity index (χ0v) is 12.2. The molecular weight excluding hydrogens is 282 g/mol. The number of pyridine rings is 1. The normalized spacial score (nSPS) is 18.2. The highest BCUT2D eigenvalue weighted by Crippen LogP contribution is 2.27. The number of rotatable bonds is 2. The Kier molecular flexibility index (Phi) is 3.83. The van der Waals surface area contributed by atoms with E-state index in [0.717, 1.165) is 11.4 Å². The third kappa shape index (κ3) is 3.38. The minimum atomic E-state index is -0.142. The number of hydrogen-bond donors (Lipinski definition) is 1. The molecule has 3 rings (SSSR count). The Hall–Kier alpha value is -2.40. The molecule has 2 heterocycles. The van der Waals surface area contributed by atoms with E-state index < -0.39 is 0 Å². The van der Waals surface area contributed by atoms with Crippen LogP contribution in [-0.4, -0.2) is 16.1 Å². The molecule has 104 valence electrons. The van der Waals surface area contributed by atoms with Gasteiger partial charge in [-0.25, -0.2) is 4.99 Å². The first-order chi connectivity index (χ1) is 10.2. The molecule has 0 radical (unpaired) electrons. The van der Waals surface area contributed by atoms with Crippen LogP contribution in [0.15, 0.2) is 58.6 Å². The monoisotopic (exact) mass is 295 g/mol. The van der Waals surface area contributed by atoms with Crippen molar-refractivity contribution in [3.8, 4) is 0 Å². The molecule has 1 fully saturated rings. The Morgan fingerprint density at radius 1 is 1.19 bits per heavy atom. The molecule has 1 aromatic carbocycles. The number of carbonyl (C=O) groups is 1. The highest BCUT2D eigenvalue weighted by atomic mass is 32.2. The van der Waals surface area contributed by atoms with E-state index in [-0.39, 0.29) is 5.91 Å². The van der Waals surface area contributed by atoms with Crippen molar-refractivity contribution in [1.82, 2.24) is 10.3 Å². The molecule has 5 heteroatoms. The second kappa shape index (κ2) is 5.93. The predicted molar refractivity (Wildman–Crippen MR) is 86.2 cm³/mol. The average Bonchev–Trinajstić information content (AvgIpc) is 2.82. The van der Waals surface area contributed by atoms with Crippen molar-refractivity contribution in [2.75, 3.05) is 0 Å². The number of benzene rings is 1.